The fraction of sp³-hybridized carbons (Fsp3) is 0.455. The molecule has 0 aliphatic carbocycles. The van der Waals surface area contributed by atoms with Gasteiger partial charge >= 0.3 is 7.12 Å². The molecule has 0 bridgehead atoms. The van der Waals surface area contributed by atoms with Gasteiger partial charge in [0, 0.05) is 6.54 Å². The van der Waals surface area contributed by atoms with Crippen LogP contribution in [0.2, 0.25) is 0 Å². The quantitative estimate of drug-likeness (QED) is 0.595. The maximum Gasteiger partial charge on any atom is 0.492 e. The van der Waals surface area contributed by atoms with Crippen LogP contribution in [0, 0.1) is 0 Å². The number of rotatable bonds is 4. The van der Waals surface area contributed by atoms with Gasteiger partial charge in [0.15, 0.2) is 0 Å². The Labute approximate surface area is 100 Å². The van der Waals surface area contributed by atoms with Crippen LogP contribution in [0.3, 0.4) is 0 Å². The van der Waals surface area contributed by atoms with Gasteiger partial charge in [0.2, 0.25) is 0 Å². The molecule has 2 unspecified atom stereocenters. The van der Waals surface area contributed by atoms with Crippen molar-refractivity contribution in [2.45, 2.75) is 19.1 Å². The Kier molecular flexibility index (Phi) is 3.68. The Morgan fingerprint density at radius 2 is 2.35 bits per heavy atom. The fourth-order valence-corrected chi connectivity index (χ4v) is 1.85. The lowest BCUT2D eigenvalue weighted by molar-refractivity contribution is 0.123. The number of hydrogen-bond acceptors (Lipinski definition) is 5. The van der Waals surface area contributed by atoms with Crippen LogP contribution in [0.5, 0.6) is 5.75 Å². The van der Waals surface area contributed by atoms with Crippen molar-refractivity contribution in [1.82, 2.24) is 0 Å². The molecule has 0 aromatic heterocycles. The second-order valence-corrected chi connectivity index (χ2v) is 4.16. The van der Waals surface area contributed by atoms with Gasteiger partial charge in [-0.3, -0.25) is 0 Å². The molecule has 92 valence electrons. The van der Waals surface area contributed by atoms with E-state index in [1.165, 1.54) is 0 Å². The number of benzene rings is 1. The monoisotopic (exact) mass is 237 g/mol. The summed E-state index contributed by atoms with van der Waals surface area (Å²) in [5.74, 6) is 0.602. The fourth-order valence-electron chi connectivity index (χ4n) is 1.85. The van der Waals surface area contributed by atoms with Crippen molar-refractivity contribution >= 4 is 12.6 Å². The molecule has 4 N–H and O–H groups in total. The van der Waals surface area contributed by atoms with E-state index in [1.807, 2.05) is 6.07 Å². The molecule has 17 heavy (non-hydrogen) atoms. The van der Waals surface area contributed by atoms with Crippen molar-refractivity contribution in [3.8, 4) is 5.75 Å². The van der Waals surface area contributed by atoms with Gasteiger partial charge in [-0.05, 0) is 30.1 Å². The van der Waals surface area contributed by atoms with E-state index < -0.39 is 13.2 Å². The van der Waals surface area contributed by atoms with Gasteiger partial charge in [-0.1, -0.05) is 6.07 Å². The number of hydrogen-bond donors (Lipinski definition) is 3. The molecule has 1 aliphatic heterocycles. The largest absolute Gasteiger partial charge is 0.492 e. The number of nitrogens with two attached hydrogens (primary N) is 1. The highest BCUT2D eigenvalue weighted by Gasteiger charge is 2.34. The van der Waals surface area contributed by atoms with E-state index in [4.69, 9.17) is 20.2 Å². The molecule has 2 atom stereocenters. The average Bonchev–Trinajstić information content (AvgIpc) is 2.63. The molecule has 0 spiro atoms. The van der Waals surface area contributed by atoms with Gasteiger partial charge in [-0.15, -0.1) is 0 Å². The zero-order chi connectivity index (χ0) is 12.4. The molecule has 0 saturated heterocycles. The van der Waals surface area contributed by atoms with Crippen LogP contribution < -0.4 is 15.9 Å². The van der Waals surface area contributed by atoms with Crippen LogP contribution in [0.4, 0.5) is 0 Å². The third-order valence-electron chi connectivity index (χ3n) is 2.67. The summed E-state index contributed by atoms with van der Waals surface area (Å²) in [6.45, 7) is 2.20. The summed E-state index contributed by atoms with van der Waals surface area (Å²) in [7, 11) is -0.950. The average molecular weight is 237 g/mol. The summed E-state index contributed by atoms with van der Waals surface area (Å²) < 4.78 is 10.6. The van der Waals surface area contributed by atoms with E-state index in [-0.39, 0.29) is 12.7 Å². The molecule has 0 fully saturated rings. The summed E-state index contributed by atoms with van der Waals surface area (Å²) in [6.07, 6.45) is -0.785. The van der Waals surface area contributed by atoms with Crippen LogP contribution in [0.1, 0.15) is 18.6 Å². The zero-order valence-corrected chi connectivity index (χ0v) is 9.67. The van der Waals surface area contributed by atoms with E-state index in [0.29, 0.717) is 17.8 Å². The first kappa shape index (κ1) is 12.4. The van der Waals surface area contributed by atoms with Crippen LogP contribution in [-0.2, 0) is 4.65 Å². The Morgan fingerprint density at radius 1 is 1.59 bits per heavy atom. The van der Waals surface area contributed by atoms with Crippen LogP contribution in [-0.4, -0.2) is 36.5 Å². The molecule has 2 rings (SSSR count). The van der Waals surface area contributed by atoms with E-state index in [0.717, 1.165) is 5.56 Å². The predicted molar refractivity (Wildman–Crippen MR) is 64.1 cm³/mol. The van der Waals surface area contributed by atoms with Crippen LogP contribution >= 0.6 is 0 Å². The molecule has 0 amide bonds. The van der Waals surface area contributed by atoms with E-state index in [2.05, 4.69) is 0 Å². The minimum Gasteiger partial charge on any atom is -0.491 e. The maximum absolute atomic E-state index is 9.70. The van der Waals surface area contributed by atoms with Crippen molar-refractivity contribution in [3.05, 3.63) is 23.8 Å². The van der Waals surface area contributed by atoms with E-state index >= 15 is 0 Å². The summed E-state index contributed by atoms with van der Waals surface area (Å²) in [5, 5.41) is 18.8. The van der Waals surface area contributed by atoms with Gasteiger partial charge in [-0.25, -0.2) is 0 Å². The van der Waals surface area contributed by atoms with Gasteiger partial charge in [-0.2, -0.15) is 0 Å². The zero-order valence-electron chi connectivity index (χ0n) is 9.67. The Hall–Kier alpha value is -1.08. The number of ether oxygens (including phenoxy) is 1. The lowest BCUT2D eigenvalue weighted by Crippen LogP contribution is -2.28. The molecule has 1 heterocycles. The molecule has 1 aromatic carbocycles. The second kappa shape index (κ2) is 5.06. The van der Waals surface area contributed by atoms with E-state index in [1.54, 1.807) is 19.1 Å². The first-order valence-corrected chi connectivity index (χ1v) is 5.60. The van der Waals surface area contributed by atoms with Crippen molar-refractivity contribution in [2.75, 3.05) is 13.2 Å². The van der Waals surface area contributed by atoms with Gasteiger partial charge in [0.05, 0.1) is 12.2 Å². The van der Waals surface area contributed by atoms with E-state index in [9.17, 15) is 5.02 Å². The minimum atomic E-state index is -0.950. The molecule has 6 heteroatoms. The normalized spacial score (nSPS) is 20.2. The molecular formula is C11H16BNO4. The first-order valence-electron chi connectivity index (χ1n) is 5.60. The molecular weight excluding hydrogens is 221 g/mol. The highest BCUT2D eigenvalue weighted by atomic mass is 16.5. The molecule has 0 saturated carbocycles. The predicted octanol–water partition coefficient (Wildman–Crippen LogP) is -0.836. The molecule has 0 radical (unpaired) electrons. The number of fused-ring (bicyclic) bond motifs is 1. The first-order chi connectivity index (χ1) is 8.11. The topological polar surface area (TPSA) is 84.9 Å². The summed E-state index contributed by atoms with van der Waals surface area (Å²) in [4.78, 5) is 0. The smallest absolute Gasteiger partial charge is 0.491 e. The van der Waals surface area contributed by atoms with Crippen molar-refractivity contribution < 1.29 is 19.5 Å². The molecule has 5 nitrogen and oxygen atoms in total. The third kappa shape index (κ3) is 2.61. The lowest BCUT2D eigenvalue weighted by atomic mass is 9.79. The maximum atomic E-state index is 9.70. The Bertz CT molecular complexity index is 399. The number of aliphatic hydroxyl groups is 1. The van der Waals surface area contributed by atoms with Gasteiger partial charge in [0.25, 0.3) is 0 Å². The summed E-state index contributed by atoms with van der Waals surface area (Å²) >= 11 is 0. The number of aliphatic hydroxyl groups excluding tert-OH is 1. The summed E-state index contributed by atoms with van der Waals surface area (Å²) in [5.41, 5.74) is 7.12. The standard InChI is InChI=1S/C11H16BNO4/c1-7(14)6-16-8-2-3-9-10(4-8)12(15)17-11(9)5-13/h2-4,7,11,14-15H,5-6,13H2,1H3. The SMILES string of the molecule is CC(O)COc1ccc2c(c1)B(O)OC2CN. The molecule has 1 aliphatic rings. The Balaban J connectivity index is 2.17. The lowest BCUT2D eigenvalue weighted by Gasteiger charge is -2.10. The van der Waals surface area contributed by atoms with Crippen molar-refractivity contribution in [3.63, 3.8) is 0 Å². The highest BCUT2D eigenvalue weighted by Crippen LogP contribution is 2.24. The van der Waals surface area contributed by atoms with Crippen molar-refractivity contribution in [2.24, 2.45) is 5.73 Å². The van der Waals surface area contributed by atoms with Crippen molar-refractivity contribution in [1.29, 1.82) is 0 Å². The van der Waals surface area contributed by atoms with Crippen LogP contribution in [0.15, 0.2) is 18.2 Å². The second-order valence-electron chi connectivity index (χ2n) is 4.16. The van der Waals surface area contributed by atoms with Gasteiger partial charge < -0.3 is 25.3 Å². The highest BCUT2D eigenvalue weighted by molar-refractivity contribution is 6.61. The molecule has 1 aromatic rings. The van der Waals surface area contributed by atoms with Crippen LogP contribution in [0.25, 0.3) is 0 Å². The minimum absolute atomic E-state index is 0.218. The van der Waals surface area contributed by atoms with Gasteiger partial charge in [0.1, 0.15) is 12.4 Å². The third-order valence-corrected chi connectivity index (χ3v) is 2.67. The summed E-state index contributed by atoms with van der Waals surface area (Å²) in [6, 6.07) is 5.34. The Morgan fingerprint density at radius 3 is 3.00 bits per heavy atom.